The number of aromatic carboxylic acids is 1. The fourth-order valence-corrected chi connectivity index (χ4v) is 2.37. The van der Waals surface area contributed by atoms with E-state index in [1.54, 1.807) is 6.07 Å². The lowest BCUT2D eigenvalue weighted by Crippen LogP contribution is -1.89. The maximum absolute atomic E-state index is 10.7. The highest BCUT2D eigenvalue weighted by molar-refractivity contribution is 7.20. The summed E-state index contributed by atoms with van der Waals surface area (Å²) in [5.74, 6) is -0.843. The SMILES string of the molecule is CCc1ccc2cc(C(=O)O)sc2c1. The van der Waals surface area contributed by atoms with Crippen molar-refractivity contribution < 1.29 is 9.90 Å². The summed E-state index contributed by atoms with van der Waals surface area (Å²) in [6, 6.07) is 7.81. The number of carboxylic acid groups (broad SMARTS) is 1. The van der Waals surface area contributed by atoms with Crippen LogP contribution in [0.5, 0.6) is 0 Å². The second kappa shape index (κ2) is 3.42. The van der Waals surface area contributed by atoms with E-state index >= 15 is 0 Å². The molecule has 2 nitrogen and oxygen atoms in total. The van der Waals surface area contributed by atoms with Crippen LogP contribution in [0.3, 0.4) is 0 Å². The van der Waals surface area contributed by atoms with Crippen molar-refractivity contribution in [3.63, 3.8) is 0 Å². The van der Waals surface area contributed by atoms with E-state index < -0.39 is 5.97 Å². The van der Waals surface area contributed by atoms with Crippen LogP contribution in [0, 0.1) is 0 Å². The molecule has 72 valence electrons. The standard InChI is InChI=1S/C11H10O2S/c1-2-7-3-4-8-6-10(11(12)13)14-9(8)5-7/h3-6H,2H2,1H3,(H,12,13). The van der Waals surface area contributed by atoms with Gasteiger partial charge in [-0.05, 0) is 29.5 Å². The van der Waals surface area contributed by atoms with E-state index in [2.05, 4.69) is 13.0 Å². The molecule has 1 N–H and O–H groups in total. The van der Waals surface area contributed by atoms with Crippen LogP contribution in [0.4, 0.5) is 0 Å². The van der Waals surface area contributed by atoms with Gasteiger partial charge in [0.05, 0.1) is 0 Å². The minimum absolute atomic E-state index is 0.410. The van der Waals surface area contributed by atoms with Crippen LogP contribution in [-0.2, 0) is 6.42 Å². The molecule has 0 aliphatic rings. The molecule has 1 aromatic carbocycles. The molecule has 3 heteroatoms. The molecule has 0 aliphatic carbocycles. The van der Waals surface area contributed by atoms with Gasteiger partial charge in [0.15, 0.2) is 0 Å². The van der Waals surface area contributed by atoms with Crippen LogP contribution in [0.1, 0.15) is 22.2 Å². The van der Waals surface area contributed by atoms with Crippen LogP contribution in [0.25, 0.3) is 10.1 Å². The van der Waals surface area contributed by atoms with Crippen molar-refractivity contribution in [1.82, 2.24) is 0 Å². The number of carboxylic acids is 1. The molecule has 0 saturated carbocycles. The number of benzene rings is 1. The van der Waals surface area contributed by atoms with Gasteiger partial charge in [0.1, 0.15) is 4.88 Å². The van der Waals surface area contributed by atoms with E-state index in [0.29, 0.717) is 4.88 Å². The molecule has 0 unspecified atom stereocenters. The summed E-state index contributed by atoms with van der Waals surface area (Å²) < 4.78 is 1.06. The molecule has 0 bridgehead atoms. The molecule has 0 amide bonds. The monoisotopic (exact) mass is 206 g/mol. The Balaban J connectivity index is 2.60. The first-order valence-electron chi connectivity index (χ1n) is 4.46. The van der Waals surface area contributed by atoms with Crippen molar-refractivity contribution in [1.29, 1.82) is 0 Å². The average Bonchev–Trinajstić information content (AvgIpc) is 2.59. The van der Waals surface area contributed by atoms with Crippen molar-refractivity contribution in [2.45, 2.75) is 13.3 Å². The predicted octanol–water partition coefficient (Wildman–Crippen LogP) is 3.16. The summed E-state index contributed by atoms with van der Waals surface area (Å²) >= 11 is 1.34. The first-order chi connectivity index (χ1) is 6.70. The van der Waals surface area contributed by atoms with Gasteiger partial charge >= 0.3 is 5.97 Å². The second-order valence-electron chi connectivity index (χ2n) is 3.14. The van der Waals surface area contributed by atoms with Gasteiger partial charge in [-0.15, -0.1) is 11.3 Å². The van der Waals surface area contributed by atoms with Gasteiger partial charge in [-0.25, -0.2) is 4.79 Å². The molecule has 2 rings (SSSR count). The summed E-state index contributed by atoms with van der Waals surface area (Å²) in [5, 5.41) is 9.84. The molecule has 1 aromatic heterocycles. The van der Waals surface area contributed by atoms with Crippen molar-refractivity contribution in [3.05, 3.63) is 34.7 Å². The van der Waals surface area contributed by atoms with E-state index in [-0.39, 0.29) is 0 Å². The maximum atomic E-state index is 10.7. The minimum Gasteiger partial charge on any atom is -0.477 e. The van der Waals surface area contributed by atoms with Gasteiger partial charge in [-0.1, -0.05) is 19.1 Å². The third-order valence-corrected chi connectivity index (χ3v) is 3.29. The number of carbonyl (C=O) groups is 1. The number of thiophene rings is 1. The second-order valence-corrected chi connectivity index (χ2v) is 4.23. The molecular weight excluding hydrogens is 196 g/mol. The van der Waals surface area contributed by atoms with Gasteiger partial charge in [-0.3, -0.25) is 0 Å². The Bertz CT molecular complexity index is 485. The fraction of sp³-hybridized carbons (Fsp3) is 0.182. The summed E-state index contributed by atoms with van der Waals surface area (Å²) in [5.41, 5.74) is 1.25. The van der Waals surface area contributed by atoms with Crippen molar-refractivity contribution in [2.24, 2.45) is 0 Å². The normalized spacial score (nSPS) is 10.6. The Labute approximate surface area is 85.8 Å². The van der Waals surface area contributed by atoms with Crippen LogP contribution < -0.4 is 0 Å². The molecule has 0 atom stereocenters. The van der Waals surface area contributed by atoms with E-state index in [4.69, 9.17) is 5.11 Å². The number of rotatable bonds is 2. The molecule has 2 aromatic rings. The van der Waals surface area contributed by atoms with Crippen molar-refractivity contribution in [2.75, 3.05) is 0 Å². The molecule has 0 spiro atoms. The molecule has 1 heterocycles. The smallest absolute Gasteiger partial charge is 0.345 e. The largest absolute Gasteiger partial charge is 0.477 e. The van der Waals surface area contributed by atoms with Gasteiger partial charge in [0.2, 0.25) is 0 Å². The number of hydrogen-bond acceptors (Lipinski definition) is 2. The lowest BCUT2D eigenvalue weighted by molar-refractivity contribution is 0.0702. The molecule has 0 aliphatic heterocycles. The topological polar surface area (TPSA) is 37.3 Å². The van der Waals surface area contributed by atoms with E-state index in [9.17, 15) is 4.79 Å². The average molecular weight is 206 g/mol. The third kappa shape index (κ3) is 1.51. The number of hydrogen-bond donors (Lipinski definition) is 1. The lowest BCUT2D eigenvalue weighted by Gasteiger charge is -1.94. The number of fused-ring (bicyclic) bond motifs is 1. The molecule has 0 saturated heterocycles. The summed E-state index contributed by atoms with van der Waals surface area (Å²) in [7, 11) is 0. The zero-order valence-corrected chi connectivity index (χ0v) is 8.60. The molecule has 0 fully saturated rings. The highest BCUT2D eigenvalue weighted by Crippen LogP contribution is 2.26. The zero-order valence-electron chi connectivity index (χ0n) is 7.78. The van der Waals surface area contributed by atoms with Gasteiger partial charge in [0.25, 0.3) is 0 Å². The first kappa shape index (κ1) is 9.21. The summed E-state index contributed by atoms with van der Waals surface area (Å²) in [6.07, 6.45) is 0.982. The van der Waals surface area contributed by atoms with Crippen molar-refractivity contribution in [3.8, 4) is 0 Å². The summed E-state index contributed by atoms with van der Waals surface area (Å²) in [6.45, 7) is 2.09. The van der Waals surface area contributed by atoms with Gasteiger partial charge < -0.3 is 5.11 Å². The van der Waals surface area contributed by atoms with Crippen LogP contribution >= 0.6 is 11.3 Å². The van der Waals surface area contributed by atoms with Crippen LogP contribution in [0.2, 0.25) is 0 Å². The van der Waals surface area contributed by atoms with Crippen LogP contribution in [0.15, 0.2) is 24.3 Å². The first-order valence-corrected chi connectivity index (χ1v) is 5.28. The van der Waals surface area contributed by atoms with Gasteiger partial charge in [0, 0.05) is 4.70 Å². The van der Waals surface area contributed by atoms with Crippen molar-refractivity contribution >= 4 is 27.4 Å². The Morgan fingerprint density at radius 1 is 1.43 bits per heavy atom. The Hall–Kier alpha value is -1.35. The molecule has 14 heavy (non-hydrogen) atoms. The van der Waals surface area contributed by atoms with Crippen LogP contribution in [-0.4, -0.2) is 11.1 Å². The Kier molecular flexibility index (Phi) is 2.25. The Morgan fingerprint density at radius 2 is 2.21 bits per heavy atom. The molecular formula is C11H10O2S. The van der Waals surface area contributed by atoms with E-state index in [1.165, 1.54) is 16.9 Å². The lowest BCUT2D eigenvalue weighted by atomic mass is 10.1. The fourth-order valence-electron chi connectivity index (χ4n) is 1.40. The predicted molar refractivity (Wildman–Crippen MR) is 58.2 cm³/mol. The zero-order chi connectivity index (χ0) is 10.1. The number of aryl methyl sites for hydroxylation is 1. The maximum Gasteiger partial charge on any atom is 0.345 e. The third-order valence-electron chi connectivity index (χ3n) is 2.20. The van der Waals surface area contributed by atoms with Gasteiger partial charge in [-0.2, -0.15) is 0 Å². The Morgan fingerprint density at radius 3 is 2.86 bits per heavy atom. The highest BCUT2D eigenvalue weighted by atomic mass is 32.1. The highest BCUT2D eigenvalue weighted by Gasteiger charge is 2.07. The van der Waals surface area contributed by atoms with E-state index in [1.807, 2.05) is 12.1 Å². The molecule has 0 radical (unpaired) electrons. The summed E-state index contributed by atoms with van der Waals surface area (Å²) in [4.78, 5) is 11.1. The quantitative estimate of drug-likeness (QED) is 0.819. The van der Waals surface area contributed by atoms with E-state index in [0.717, 1.165) is 16.5 Å². The minimum atomic E-state index is -0.843.